The first-order chi connectivity index (χ1) is 31.2. The number of aromatic nitrogens is 1. The highest BCUT2D eigenvalue weighted by Crippen LogP contribution is 2.46. The summed E-state index contributed by atoms with van der Waals surface area (Å²) in [6.45, 7) is 0. The van der Waals surface area contributed by atoms with Crippen LogP contribution in [0.15, 0.2) is 234 Å². The molecule has 0 amide bonds. The highest BCUT2D eigenvalue weighted by molar-refractivity contribution is 6.28. The van der Waals surface area contributed by atoms with E-state index in [1.165, 1.54) is 22.3 Å². The summed E-state index contributed by atoms with van der Waals surface area (Å²) in [5.74, 6) is 0. The summed E-state index contributed by atoms with van der Waals surface area (Å²) in [7, 11) is 0. The maximum Gasteiger partial charge on any atom is 0.145 e. The smallest absolute Gasteiger partial charge is 0.145 e. The van der Waals surface area contributed by atoms with Crippen LogP contribution in [-0.2, 0) is 0 Å². The molecule has 63 heavy (non-hydrogen) atoms. The number of nitrogens with one attached hydrogen (secondary N) is 1. The van der Waals surface area contributed by atoms with Crippen molar-refractivity contribution in [1.82, 2.24) is 10.3 Å². The zero-order valence-electron chi connectivity index (χ0n) is 34.2. The summed E-state index contributed by atoms with van der Waals surface area (Å²) in [4.78, 5) is 10.7. The Hall–Kier alpha value is -8.34. The van der Waals surface area contributed by atoms with Crippen molar-refractivity contribution in [1.29, 1.82) is 0 Å². The first-order valence-corrected chi connectivity index (χ1v) is 21.4. The maximum absolute atomic E-state index is 6.72. The Balaban J connectivity index is 1.04. The lowest BCUT2D eigenvalue weighted by Gasteiger charge is -2.25. The summed E-state index contributed by atoms with van der Waals surface area (Å²) >= 11 is 0. The van der Waals surface area contributed by atoms with Crippen LogP contribution in [0.3, 0.4) is 0 Å². The van der Waals surface area contributed by atoms with Crippen molar-refractivity contribution < 1.29 is 4.42 Å². The monoisotopic (exact) mass is 805 g/mol. The highest BCUT2D eigenvalue weighted by atomic mass is 16.3. The molecule has 11 aromatic rings. The minimum Gasteiger partial charge on any atom is -0.456 e. The molecular formula is C59H39N3O. The van der Waals surface area contributed by atoms with E-state index in [1.807, 2.05) is 18.2 Å². The number of hydrogen-bond donors (Lipinski definition) is 1. The molecule has 0 spiro atoms. The Morgan fingerprint density at radius 1 is 0.397 bits per heavy atom. The van der Waals surface area contributed by atoms with E-state index in [0.29, 0.717) is 0 Å². The lowest BCUT2D eigenvalue weighted by molar-refractivity contribution is 0.664. The molecule has 1 N–H and O–H groups in total. The number of furan rings is 1. The van der Waals surface area contributed by atoms with Crippen molar-refractivity contribution in [3.8, 4) is 44.6 Å². The Labute approximate surface area is 365 Å². The van der Waals surface area contributed by atoms with Gasteiger partial charge < -0.3 is 9.73 Å². The number of rotatable bonds is 7. The van der Waals surface area contributed by atoms with Crippen LogP contribution in [-0.4, -0.2) is 10.7 Å². The van der Waals surface area contributed by atoms with Gasteiger partial charge in [0.1, 0.15) is 17.3 Å². The fourth-order valence-electron chi connectivity index (χ4n) is 9.24. The number of nitrogens with zero attached hydrogens (tertiary/aromatic N) is 2. The van der Waals surface area contributed by atoms with Gasteiger partial charge in [-0.15, -0.1) is 0 Å². The van der Waals surface area contributed by atoms with Gasteiger partial charge in [-0.05, 0) is 74.8 Å². The average Bonchev–Trinajstić information content (AvgIpc) is 3.74. The van der Waals surface area contributed by atoms with Gasteiger partial charge in [0.2, 0.25) is 0 Å². The molecule has 4 nitrogen and oxygen atoms in total. The lowest BCUT2D eigenvalue weighted by atomic mass is 9.88. The summed E-state index contributed by atoms with van der Waals surface area (Å²) in [5.41, 5.74) is 16.7. The van der Waals surface area contributed by atoms with Gasteiger partial charge in [0.05, 0.1) is 16.9 Å². The molecule has 0 aliphatic carbocycles. The molecule has 0 radical (unpaired) electrons. The van der Waals surface area contributed by atoms with Crippen LogP contribution in [0.1, 0.15) is 22.9 Å². The van der Waals surface area contributed by atoms with E-state index in [-0.39, 0.29) is 6.17 Å². The van der Waals surface area contributed by atoms with Gasteiger partial charge in [-0.1, -0.05) is 194 Å². The zero-order chi connectivity index (χ0) is 41.7. The molecule has 4 heteroatoms. The van der Waals surface area contributed by atoms with E-state index in [2.05, 4.69) is 212 Å². The van der Waals surface area contributed by atoms with Gasteiger partial charge in [-0.2, -0.15) is 0 Å². The molecule has 1 aliphatic heterocycles. The van der Waals surface area contributed by atoms with Crippen molar-refractivity contribution in [3.05, 3.63) is 241 Å². The van der Waals surface area contributed by atoms with E-state index in [4.69, 9.17) is 14.4 Å². The summed E-state index contributed by atoms with van der Waals surface area (Å²) in [5, 5.41) is 9.28. The van der Waals surface area contributed by atoms with Crippen molar-refractivity contribution >= 4 is 55.0 Å². The third kappa shape index (κ3) is 6.57. The minimum atomic E-state index is -0.268. The normalized spacial score (nSPS) is 13.9. The number of para-hydroxylation sites is 2. The molecule has 0 saturated heterocycles. The topological polar surface area (TPSA) is 50.4 Å². The Bertz CT molecular complexity index is 3550. The number of hydrogen-bond acceptors (Lipinski definition) is 4. The predicted octanol–water partition coefficient (Wildman–Crippen LogP) is 15.1. The quantitative estimate of drug-likeness (QED) is 0.163. The lowest BCUT2D eigenvalue weighted by Crippen LogP contribution is -2.24. The number of allylic oxidation sites excluding steroid dienone is 1. The van der Waals surface area contributed by atoms with Crippen LogP contribution in [0, 0.1) is 0 Å². The molecule has 9 aromatic carbocycles. The first kappa shape index (κ1) is 36.5. The van der Waals surface area contributed by atoms with Crippen LogP contribution in [0.2, 0.25) is 0 Å². The second-order valence-corrected chi connectivity index (χ2v) is 16.1. The van der Waals surface area contributed by atoms with Gasteiger partial charge in [0.15, 0.2) is 0 Å². The molecule has 3 heterocycles. The average molecular weight is 806 g/mol. The molecule has 2 aromatic heterocycles. The molecular weight excluding hydrogens is 767 g/mol. The van der Waals surface area contributed by atoms with Gasteiger partial charge >= 0.3 is 0 Å². The standard InChI is InChI=1S/C59H39N3O/c1-4-15-38(16-5-1)40-27-31-42(32-28-40)51-37-52(62-59(61-51)44-19-8-3-9-20-44)45-21-14-22-46(35-45)58-49-36-54-57(48-24-11-13-26-53(48)63-54)55(56(49)47-23-10-12-25-50(47)60-58)43-33-29-41(30-34-43)39-17-6-2-7-18-39/h1-37,59,62H. The van der Waals surface area contributed by atoms with Crippen molar-refractivity contribution in [2.75, 3.05) is 0 Å². The summed E-state index contributed by atoms with van der Waals surface area (Å²) in [6, 6.07) is 77.0. The summed E-state index contributed by atoms with van der Waals surface area (Å²) in [6.07, 6.45) is 1.91. The Kier molecular flexibility index (Phi) is 8.86. The number of pyridine rings is 1. The van der Waals surface area contributed by atoms with Gasteiger partial charge in [-0.3, -0.25) is 4.99 Å². The van der Waals surface area contributed by atoms with Gasteiger partial charge in [-0.25, -0.2) is 4.98 Å². The number of fused-ring (bicyclic) bond motifs is 6. The van der Waals surface area contributed by atoms with Crippen LogP contribution < -0.4 is 5.32 Å². The third-order valence-corrected chi connectivity index (χ3v) is 12.3. The van der Waals surface area contributed by atoms with E-state index in [0.717, 1.165) is 94.1 Å². The van der Waals surface area contributed by atoms with Crippen molar-refractivity contribution in [2.45, 2.75) is 6.17 Å². The second kappa shape index (κ2) is 15.3. The van der Waals surface area contributed by atoms with E-state index in [1.54, 1.807) is 0 Å². The van der Waals surface area contributed by atoms with Gasteiger partial charge in [0, 0.05) is 43.8 Å². The maximum atomic E-state index is 6.72. The van der Waals surface area contributed by atoms with E-state index < -0.39 is 0 Å². The molecule has 0 fully saturated rings. The number of aliphatic imine (C=N–C) groups is 1. The first-order valence-electron chi connectivity index (χ1n) is 21.4. The Morgan fingerprint density at radius 2 is 0.952 bits per heavy atom. The van der Waals surface area contributed by atoms with E-state index in [9.17, 15) is 0 Å². The van der Waals surface area contributed by atoms with Crippen LogP contribution in [0.25, 0.3) is 93.9 Å². The van der Waals surface area contributed by atoms with Crippen LogP contribution in [0.4, 0.5) is 0 Å². The SMILES string of the molecule is C1=C(c2cccc(-c3nc4ccccc4c4c(-c5ccc(-c6ccccc6)cc5)c5c(cc34)oc3ccccc35)c2)NC(c2ccccc2)N=C1c1ccc(-c2ccccc2)cc1. The molecule has 0 bridgehead atoms. The third-order valence-electron chi connectivity index (χ3n) is 12.3. The number of benzene rings is 9. The molecule has 0 saturated carbocycles. The molecule has 1 unspecified atom stereocenters. The molecule has 296 valence electrons. The fourth-order valence-corrected chi connectivity index (χ4v) is 9.24. The Morgan fingerprint density at radius 3 is 1.67 bits per heavy atom. The van der Waals surface area contributed by atoms with Crippen LogP contribution in [0.5, 0.6) is 0 Å². The van der Waals surface area contributed by atoms with E-state index >= 15 is 0 Å². The molecule has 1 atom stereocenters. The molecule has 12 rings (SSSR count). The molecule has 1 aliphatic rings. The fraction of sp³-hybridized carbons (Fsp3) is 0.0169. The predicted molar refractivity (Wildman–Crippen MR) is 262 cm³/mol. The van der Waals surface area contributed by atoms with Crippen LogP contribution >= 0.6 is 0 Å². The minimum absolute atomic E-state index is 0.268. The summed E-state index contributed by atoms with van der Waals surface area (Å²) < 4.78 is 6.72. The largest absolute Gasteiger partial charge is 0.456 e. The van der Waals surface area contributed by atoms with Crippen molar-refractivity contribution in [2.24, 2.45) is 4.99 Å². The van der Waals surface area contributed by atoms with Gasteiger partial charge in [0.25, 0.3) is 0 Å². The zero-order valence-corrected chi connectivity index (χ0v) is 34.2. The highest BCUT2D eigenvalue weighted by Gasteiger charge is 2.24. The van der Waals surface area contributed by atoms with Crippen molar-refractivity contribution in [3.63, 3.8) is 0 Å². The second-order valence-electron chi connectivity index (χ2n) is 16.1.